The topological polar surface area (TPSA) is 92.8 Å². The van der Waals surface area contributed by atoms with Gasteiger partial charge in [-0.05, 0) is 43.9 Å². The average molecular weight is 398 g/mol. The summed E-state index contributed by atoms with van der Waals surface area (Å²) in [4.78, 5) is 51.8. The van der Waals surface area contributed by atoms with Crippen molar-refractivity contribution < 1.29 is 23.9 Å². The Hall–Kier alpha value is -3.00. The van der Waals surface area contributed by atoms with Gasteiger partial charge < -0.3 is 10.1 Å². The lowest BCUT2D eigenvalue weighted by atomic mass is 10.1. The van der Waals surface area contributed by atoms with Gasteiger partial charge in [0.05, 0.1) is 23.3 Å². The number of anilines is 1. The molecule has 8 heteroatoms. The van der Waals surface area contributed by atoms with E-state index in [4.69, 9.17) is 4.74 Å². The fourth-order valence-electron chi connectivity index (χ4n) is 3.60. The highest BCUT2D eigenvalue weighted by molar-refractivity contribution is 7.17. The normalized spacial score (nSPS) is 14.8. The van der Waals surface area contributed by atoms with Gasteiger partial charge in [0.25, 0.3) is 11.8 Å². The van der Waals surface area contributed by atoms with Crippen molar-refractivity contribution in [1.82, 2.24) is 4.90 Å². The third-order valence-corrected chi connectivity index (χ3v) is 6.04. The molecule has 2 aromatic rings. The third kappa shape index (κ3) is 2.99. The van der Waals surface area contributed by atoms with E-state index in [9.17, 15) is 19.2 Å². The Kier molecular flexibility index (Phi) is 4.72. The lowest BCUT2D eigenvalue weighted by molar-refractivity contribution is -0.116. The van der Waals surface area contributed by atoms with Crippen LogP contribution in [0.25, 0.3) is 0 Å². The van der Waals surface area contributed by atoms with Crippen LogP contribution in [-0.4, -0.2) is 41.7 Å². The number of hydrogen-bond donors (Lipinski definition) is 1. The summed E-state index contributed by atoms with van der Waals surface area (Å²) in [6, 6.07) is 6.48. The summed E-state index contributed by atoms with van der Waals surface area (Å²) >= 11 is 1.36. The van der Waals surface area contributed by atoms with Crippen LogP contribution in [0.15, 0.2) is 24.3 Å². The minimum absolute atomic E-state index is 0.242. The number of thiophene rings is 1. The molecule has 0 radical (unpaired) electrons. The van der Waals surface area contributed by atoms with Gasteiger partial charge in [0.2, 0.25) is 5.91 Å². The maximum absolute atomic E-state index is 12.6. The number of carbonyl (C=O) groups is 4. The molecule has 1 aromatic heterocycles. The van der Waals surface area contributed by atoms with Crippen LogP contribution in [0.5, 0.6) is 0 Å². The van der Waals surface area contributed by atoms with E-state index in [1.165, 1.54) is 11.3 Å². The number of esters is 1. The van der Waals surface area contributed by atoms with Crippen molar-refractivity contribution in [3.05, 3.63) is 51.4 Å². The number of rotatable bonds is 5. The number of imide groups is 1. The molecule has 4 rings (SSSR count). The van der Waals surface area contributed by atoms with Gasteiger partial charge in [-0.25, -0.2) is 4.79 Å². The standard InChI is InChI=1S/C20H18N2O5S/c1-2-27-20(26)16-13-8-5-9-14(13)28-17(16)21-15(23)10-22-18(24)11-6-3-4-7-12(11)19(22)25/h3-4,6-7H,2,5,8-10H2,1H3,(H,21,23). The minimum Gasteiger partial charge on any atom is -0.462 e. The van der Waals surface area contributed by atoms with Crippen LogP contribution >= 0.6 is 11.3 Å². The van der Waals surface area contributed by atoms with Crippen LogP contribution < -0.4 is 5.32 Å². The molecule has 0 bridgehead atoms. The summed E-state index contributed by atoms with van der Waals surface area (Å²) in [5, 5.41) is 3.13. The second-order valence-corrected chi connectivity index (χ2v) is 7.68. The lowest BCUT2D eigenvalue weighted by Crippen LogP contribution is -2.37. The van der Waals surface area contributed by atoms with E-state index in [1.807, 2.05) is 0 Å². The Morgan fingerprint density at radius 1 is 1.14 bits per heavy atom. The van der Waals surface area contributed by atoms with Crippen LogP contribution in [0.3, 0.4) is 0 Å². The molecular formula is C20H18N2O5S. The van der Waals surface area contributed by atoms with E-state index in [0.29, 0.717) is 21.7 Å². The van der Waals surface area contributed by atoms with Crippen molar-refractivity contribution in [3.8, 4) is 0 Å². The van der Waals surface area contributed by atoms with Crippen LogP contribution in [-0.2, 0) is 22.4 Å². The molecule has 3 amide bonds. The Labute approximate surface area is 165 Å². The molecule has 1 aliphatic heterocycles. The molecule has 0 saturated carbocycles. The van der Waals surface area contributed by atoms with Crippen molar-refractivity contribution in [2.24, 2.45) is 0 Å². The molecule has 2 aliphatic rings. The second-order valence-electron chi connectivity index (χ2n) is 6.57. The smallest absolute Gasteiger partial charge is 0.341 e. The van der Waals surface area contributed by atoms with Gasteiger partial charge >= 0.3 is 5.97 Å². The zero-order valence-electron chi connectivity index (χ0n) is 15.2. The highest BCUT2D eigenvalue weighted by Gasteiger charge is 2.36. The van der Waals surface area contributed by atoms with Gasteiger partial charge in [-0.1, -0.05) is 12.1 Å². The summed E-state index contributed by atoms with van der Waals surface area (Å²) in [7, 11) is 0. The van der Waals surface area contributed by atoms with Gasteiger partial charge in [-0.3, -0.25) is 19.3 Å². The summed E-state index contributed by atoms with van der Waals surface area (Å²) in [6.45, 7) is 1.56. The zero-order chi connectivity index (χ0) is 19.8. The third-order valence-electron chi connectivity index (χ3n) is 4.83. The molecule has 0 spiro atoms. The number of carbonyl (C=O) groups excluding carboxylic acids is 4. The molecule has 7 nitrogen and oxygen atoms in total. The van der Waals surface area contributed by atoms with Crippen LogP contribution in [0.2, 0.25) is 0 Å². The van der Waals surface area contributed by atoms with Gasteiger partial charge in [0, 0.05) is 4.88 Å². The van der Waals surface area contributed by atoms with E-state index in [2.05, 4.69) is 5.32 Å². The molecule has 1 aliphatic carbocycles. The monoisotopic (exact) mass is 398 g/mol. The second kappa shape index (κ2) is 7.20. The van der Waals surface area contributed by atoms with Crippen molar-refractivity contribution in [3.63, 3.8) is 0 Å². The van der Waals surface area contributed by atoms with Crippen molar-refractivity contribution in [2.75, 3.05) is 18.5 Å². The lowest BCUT2D eigenvalue weighted by Gasteiger charge is -2.14. The number of benzene rings is 1. The van der Waals surface area contributed by atoms with Gasteiger partial charge in [-0.2, -0.15) is 0 Å². The molecule has 0 atom stereocenters. The Morgan fingerprint density at radius 3 is 2.46 bits per heavy atom. The number of aryl methyl sites for hydroxylation is 1. The molecule has 2 heterocycles. The number of nitrogens with zero attached hydrogens (tertiary/aromatic N) is 1. The number of hydrogen-bond acceptors (Lipinski definition) is 6. The first-order chi connectivity index (χ1) is 13.5. The Morgan fingerprint density at radius 2 is 1.82 bits per heavy atom. The van der Waals surface area contributed by atoms with Crippen molar-refractivity contribution >= 4 is 40.0 Å². The van der Waals surface area contributed by atoms with Gasteiger partial charge in [-0.15, -0.1) is 11.3 Å². The maximum Gasteiger partial charge on any atom is 0.341 e. The van der Waals surface area contributed by atoms with Gasteiger partial charge in [0.15, 0.2) is 0 Å². The molecular weight excluding hydrogens is 380 g/mol. The fraction of sp³-hybridized carbons (Fsp3) is 0.300. The van der Waals surface area contributed by atoms with Crippen molar-refractivity contribution in [1.29, 1.82) is 0 Å². The van der Waals surface area contributed by atoms with Gasteiger partial charge in [0.1, 0.15) is 11.5 Å². The highest BCUT2D eigenvalue weighted by atomic mass is 32.1. The van der Waals surface area contributed by atoms with Crippen LogP contribution in [0.1, 0.15) is 54.9 Å². The average Bonchev–Trinajstić information content (AvgIpc) is 3.31. The van der Waals surface area contributed by atoms with E-state index >= 15 is 0 Å². The molecule has 28 heavy (non-hydrogen) atoms. The summed E-state index contributed by atoms with van der Waals surface area (Å²) in [5.41, 5.74) is 1.92. The summed E-state index contributed by atoms with van der Waals surface area (Å²) < 4.78 is 5.14. The summed E-state index contributed by atoms with van der Waals surface area (Å²) in [5.74, 6) is -1.97. The molecule has 0 unspecified atom stereocenters. The quantitative estimate of drug-likeness (QED) is 0.617. The highest BCUT2D eigenvalue weighted by Crippen LogP contribution is 2.39. The van der Waals surface area contributed by atoms with Crippen LogP contribution in [0.4, 0.5) is 5.00 Å². The first-order valence-electron chi connectivity index (χ1n) is 9.08. The Bertz CT molecular complexity index is 975. The SMILES string of the molecule is CCOC(=O)c1c(NC(=O)CN2C(=O)c3ccccc3C2=O)sc2c1CCC2. The van der Waals surface area contributed by atoms with E-state index in [-0.39, 0.29) is 6.61 Å². The molecule has 1 aromatic carbocycles. The van der Waals surface area contributed by atoms with E-state index in [0.717, 1.165) is 34.6 Å². The maximum atomic E-state index is 12.6. The minimum atomic E-state index is -0.528. The predicted octanol–water partition coefficient (Wildman–Crippen LogP) is 2.65. The summed E-state index contributed by atoms with van der Waals surface area (Å²) in [6.07, 6.45) is 2.60. The first kappa shape index (κ1) is 18.4. The molecule has 1 N–H and O–H groups in total. The number of ether oxygens (including phenoxy) is 1. The first-order valence-corrected chi connectivity index (χ1v) is 9.89. The fourth-order valence-corrected chi connectivity index (χ4v) is 4.90. The number of fused-ring (bicyclic) bond motifs is 2. The zero-order valence-corrected chi connectivity index (χ0v) is 16.1. The molecule has 144 valence electrons. The predicted molar refractivity (Wildman–Crippen MR) is 103 cm³/mol. The number of amides is 3. The molecule has 0 saturated heterocycles. The largest absolute Gasteiger partial charge is 0.462 e. The van der Waals surface area contributed by atoms with E-state index in [1.54, 1.807) is 31.2 Å². The molecule has 0 fully saturated rings. The van der Waals surface area contributed by atoms with Crippen molar-refractivity contribution in [2.45, 2.75) is 26.2 Å². The van der Waals surface area contributed by atoms with E-state index < -0.39 is 30.2 Å². The number of nitrogens with one attached hydrogen (secondary N) is 1. The van der Waals surface area contributed by atoms with Crippen LogP contribution in [0, 0.1) is 0 Å². The Balaban J connectivity index is 1.53.